The molecule has 0 spiro atoms. The van der Waals surface area contributed by atoms with E-state index in [0.29, 0.717) is 0 Å². The number of benzene rings is 2. The van der Waals surface area contributed by atoms with E-state index in [1.807, 2.05) is 0 Å². The number of hydrogen-bond acceptors (Lipinski definition) is 2. The second kappa shape index (κ2) is 8.77. The van der Waals surface area contributed by atoms with Crippen molar-refractivity contribution in [3.05, 3.63) is 96.1 Å². The summed E-state index contributed by atoms with van der Waals surface area (Å²) < 4.78 is 0. The highest BCUT2D eigenvalue weighted by atomic mass is 31.1. The third-order valence-corrected chi connectivity index (χ3v) is 7.94. The van der Waals surface area contributed by atoms with E-state index in [4.69, 9.17) is 0 Å². The molecule has 1 unspecified atom stereocenters. The van der Waals surface area contributed by atoms with Gasteiger partial charge in [0.2, 0.25) is 0 Å². The van der Waals surface area contributed by atoms with Gasteiger partial charge in [0.25, 0.3) is 0 Å². The lowest BCUT2D eigenvalue weighted by molar-refractivity contribution is 0.140. The van der Waals surface area contributed by atoms with Crippen molar-refractivity contribution in [3.8, 4) is 0 Å². The molecule has 3 heteroatoms. The lowest BCUT2D eigenvalue weighted by atomic mass is 10.2. The maximum absolute atomic E-state index is 2.65. The predicted octanol–water partition coefficient (Wildman–Crippen LogP) is 5.24. The number of hydrogen-bond donors (Lipinski definition) is 0. The summed E-state index contributed by atoms with van der Waals surface area (Å²) in [5.74, 6) is 0. The van der Waals surface area contributed by atoms with E-state index in [9.17, 15) is 0 Å². The van der Waals surface area contributed by atoms with Gasteiger partial charge < -0.3 is 0 Å². The van der Waals surface area contributed by atoms with E-state index in [1.165, 1.54) is 30.1 Å². The van der Waals surface area contributed by atoms with Crippen LogP contribution in [0.4, 0.5) is 0 Å². The summed E-state index contributed by atoms with van der Waals surface area (Å²) in [5.41, 5.74) is 3.57. The highest BCUT2D eigenvalue weighted by Gasteiger charge is 2.29. The van der Waals surface area contributed by atoms with Crippen molar-refractivity contribution in [2.75, 3.05) is 19.2 Å². The smallest absolute Gasteiger partial charge is 0.0519 e. The summed E-state index contributed by atoms with van der Waals surface area (Å²) in [6.45, 7) is 3.17. The quantitative estimate of drug-likeness (QED) is 0.671. The summed E-state index contributed by atoms with van der Waals surface area (Å²) in [7, 11) is -0.0471. The van der Waals surface area contributed by atoms with Gasteiger partial charge in [-0.2, -0.15) is 0 Å². The van der Waals surface area contributed by atoms with Gasteiger partial charge >= 0.3 is 0 Å². The molecule has 0 radical (unpaired) electrons. The number of allylic oxidation sites excluding steroid dienone is 4. The highest BCUT2D eigenvalue weighted by Crippen LogP contribution is 2.48. The van der Waals surface area contributed by atoms with Crippen molar-refractivity contribution in [3.63, 3.8) is 0 Å². The number of rotatable bonds is 5. The largest absolute Gasteiger partial charge is 0.282 e. The first-order valence-corrected chi connectivity index (χ1v) is 11.2. The van der Waals surface area contributed by atoms with E-state index in [1.54, 1.807) is 0 Å². The van der Waals surface area contributed by atoms with Crippen LogP contribution in [0.1, 0.15) is 17.5 Å². The van der Waals surface area contributed by atoms with Gasteiger partial charge in [-0.15, -0.1) is 0 Å². The normalized spacial score (nSPS) is 21.9. The van der Waals surface area contributed by atoms with Crippen LogP contribution < -0.4 is 0 Å². The molecule has 2 aliphatic rings. The fourth-order valence-corrected chi connectivity index (χ4v) is 6.54. The second-order valence-electron chi connectivity index (χ2n) is 7.26. The van der Waals surface area contributed by atoms with E-state index < -0.39 is 0 Å². The van der Waals surface area contributed by atoms with Gasteiger partial charge in [0.05, 0.1) is 6.67 Å². The first-order chi connectivity index (χ1) is 12.9. The molecule has 2 nitrogen and oxygen atoms in total. The van der Waals surface area contributed by atoms with E-state index in [-0.39, 0.29) is 7.92 Å². The fourth-order valence-electron chi connectivity index (χ4n) is 3.86. The average molecular weight is 362 g/mol. The molecule has 0 aromatic heterocycles. The lowest BCUT2D eigenvalue weighted by Gasteiger charge is -2.43. The van der Waals surface area contributed by atoms with Crippen molar-refractivity contribution in [2.45, 2.75) is 25.2 Å². The second-order valence-corrected chi connectivity index (χ2v) is 9.66. The molecule has 2 aromatic rings. The molecule has 26 heavy (non-hydrogen) atoms. The Hall–Kier alpha value is -1.73. The standard InChI is InChI=1S/C23H27N2P/c1-4-10-21(11-5-1)16-24-18-25(17-22-12-6-2-7-13-22)20-26(19-24)23-14-8-3-9-15-23/h1-14,23H,15-20H2. The van der Waals surface area contributed by atoms with E-state index >= 15 is 0 Å². The van der Waals surface area contributed by atoms with Crippen LogP contribution in [0.25, 0.3) is 0 Å². The molecule has 0 bridgehead atoms. The van der Waals surface area contributed by atoms with Crippen LogP contribution in [0.15, 0.2) is 85.0 Å². The van der Waals surface area contributed by atoms with Crippen LogP contribution in [0.3, 0.4) is 0 Å². The predicted molar refractivity (Wildman–Crippen MR) is 112 cm³/mol. The Morgan fingerprint density at radius 1 is 0.769 bits per heavy atom. The molecule has 0 N–H and O–H groups in total. The molecule has 2 aromatic carbocycles. The van der Waals surface area contributed by atoms with Crippen LogP contribution in [0.2, 0.25) is 0 Å². The molecule has 1 fully saturated rings. The Morgan fingerprint density at radius 3 is 1.85 bits per heavy atom. The minimum Gasteiger partial charge on any atom is -0.282 e. The highest BCUT2D eigenvalue weighted by molar-refractivity contribution is 7.58. The zero-order chi connectivity index (χ0) is 17.6. The summed E-state index contributed by atoms with van der Waals surface area (Å²) in [5, 5.41) is 0. The summed E-state index contributed by atoms with van der Waals surface area (Å²) in [4.78, 5) is 5.30. The first-order valence-electron chi connectivity index (χ1n) is 9.47. The molecule has 1 atom stereocenters. The van der Waals surface area contributed by atoms with Gasteiger partial charge in [0.1, 0.15) is 0 Å². The Morgan fingerprint density at radius 2 is 1.35 bits per heavy atom. The van der Waals surface area contributed by atoms with E-state index in [0.717, 1.165) is 25.4 Å². The zero-order valence-electron chi connectivity index (χ0n) is 15.2. The van der Waals surface area contributed by atoms with Crippen molar-refractivity contribution in [1.29, 1.82) is 0 Å². The minimum atomic E-state index is -0.0471. The van der Waals surface area contributed by atoms with Gasteiger partial charge in [0.15, 0.2) is 0 Å². The molecular formula is C23H27N2P. The van der Waals surface area contributed by atoms with Crippen LogP contribution in [0, 0.1) is 0 Å². The molecule has 4 rings (SSSR count). The summed E-state index contributed by atoms with van der Waals surface area (Å²) in [6, 6.07) is 21.8. The Kier molecular flexibility index (Phi) is 5.96. The molecular weight excluding hydrogens is 335 g/mol. The van der Waals surface area contributed by atoms with Gasteiger partial charge in [-0.3, -0.25) is 9.80 Å². The Bertz CT molecular complexity index is 692. The van der Waals surface area contributed by atoms with Gasteiger partial charge in [-0.05, 0) is 17.5 Å². The molecule has 134 valence electrons. The molecule has 0 saturated carbocycles. The van der Waals surface area contributed by atoms with Crippen molar-refractivity contribution < 1.29 is 0 Å². The molecule has 1 saturated heterocycles. The van der Waals surface area contributed by atoms with Crippen LogP contribution in [-0.4, -0.2) is 34.7 Å². The SMILES string of the molecule is C1=CCC(P2CN(Cc3ccccc3)CN(Cc3ccccc3)C2)C=C1. The van der Waals surface area contributed by atoms with Crippen molar-refractivity contribution in [2.24, 2.45) is 0 Å². The lowest BCUT2D eigenvalue weighted by Crippen LogP contribution is -2.44. The minimum absolute atomic E-state index is 0.0471. The fraction of sp³-hybridized carbons (Fsp3) is 0.304. The van der Waals surface area contributed by atoms with Gasteiger partial charge in [0, 0.05) is 31.3 Å². The van der Waals surface area contributed by atoms with Gasteiger partial charge in [-0.25, -0.2) is 0 Å². The summed E-state index contributed by atoms with van der Waals surface area (Å²) >= 11 is 0. The van der Waals surface area contributed by atoms with Crippen LogP contribution in [0.5, 0.6) is 0 Å². The maximum Gasteiger partial charge on any atom is 0.0519 e. The average Bonchev–Trinajstić information content (AvgIpc) is 2.70. The van der Waals surface area contributed by atoms with Crippen LogP contribution >= 0.6 is 7.92 Å². The van der Waals surface area contributed by atoms with Crippen molar-refractivity contribution in [1.82, 2.24) is 9.80 Å². The molecule has 1 aliphatic heterocycles. The Balaban J connectivity index is 1.48. The van der Waals surface area contributed by atoms with Gasteiger partial charge in [-0.1, -0.05) is 92.9 Å². The number of nitrogens with zero attached hydrogens (tertiary/aromatic N) is 2. The zero-order valence-corrected chi connectivity index (χ0v) is 16.1. The third-order valence-electron chi connectivity index (χ3n) is 5.09. The first kappa shape index (κ1) is 17.7. The molecule has 1 heterocycles. The van der Waals surface area contributed by atoms with Crippen molar-refractivity contribution >= 4 is 7.92 Å². The summed E-state index contributed by atoms with van der Waals surface area (Å²) in [6.07, 6.45) is 12.9. The van der Waals surface area contributed by atoms with E-state index in [2.05, 4.69) is 94.8 Å². The maximum atomic E-state index is 2.65. The topological polar surface area (TPSA) is 6.48 Å². The third kappa shape index (κ3) is 4.71. The van der Waals surface area contributed by atoms with Crippen LogP contribution in [-0.2, 0) is 13.1 Å². The monoisotopic (exact) mass is 362 g/mol. The molecule has 1 aliphatic carbocycles. The molecule has 0 amide bonds. The Labute approximate surface area is 158 Å².